The van der Waals surface area contributed by atoms with Gasteiger partial charge in [-0.15, -0.1) is 10.2 Å². The molecule has 0 fully saturated rings. The number of anilines is 1. The summed E-state index contributed by atoms with van der Waals surface area (Å²) in [5.41, 5.74) is 5.50. The molecule has 0 aliphatic rings. The molecule has 66 valence electrons. The molecule has 0 radical (unpaired) electrons. The van der Waals surface area contributed by atoms with Crippen LogP contribution in [0.2, 0.25) is 0 Å². The van der Waals surface area contributed by atoms with Gasteiger partial charge in [0.15, 0.2) is 11.5 Å². The van der Waals surface area contributed by atoms with Gasteiger partial charge in [0.2, 0.25) is 0 Å². The van der Waals surface area contributed by atoms with Gasteiger partial charge < -0.3 is 11.1 Å². The quantitative estimate of drug-likeness (QED) is 0.569. The number of aromatic amines is 1. The van der Waals surface area contributed by atoms with Gasteiger partial charge in [0, 0.05) is 6.54 Å². The second-order valence-electron chi connectivity index (χ2n) is 2.31. The van der Waals surface area contributed by atoms with Crippen molar-refractivity contribution in [3.63, 3.8) is 0 Å². The predicted molar refractivity (Wildman–Crippen MR) is 43.4 cm³/mol. The Morgan fingerprint density at radius 1 is 1.67 bits per heavy atom. The van der Waals surface area contributed by atoms with Gasteiger partial charge >= 0.3 is 0 Å². The predicted octanol–water partition coefficient (Wildman–Crippen LogP) is -0.473. The van der Waals surface area contributed by atoms with Gasteiger partial charge in [0.05, 0.1) is 0 Å². The molecule has 1 aromatic rings. The van der Waals surface area contributed by atoms with E-state index >= 15 is 0 Å². The fourth-order valence-corrected chi connectivity index (χ4v) is 0.728. The smallest absolute Gasteiger partial charge is 0.275 e. The molecule has 0 aliphatic carbocycles. The summed E-state index contributed by atoms with van der Waals surface area (Å²) in [5.74, 6) is -0.160. The third kappa shape index (κ3) is 1.71. The van der Waals surface area contributed by atoms with E-state index in [2.05, 4.69) is 20.7 Å². The van der Waals surface area contributed by atoms with Crippen molar-refractivity contribution in [2.45, 2.75) is 13.3 Å². The van der Waals surface area contributed by atoms with E-state index in [0.29, 0.717) is 6.54 Å². The third-order valence-electron chi connectivity index (χ3n) is 1.33. The Hall–Kier alpha value is -1.59. The molecule has 0 aliphatic heterocycles. The summed E-state index contributed by atoms with van der Waals surface area (Å²) < 4.78 is 0. The van der Waals surface area contributed by atoms with Crippen molar-refractivity contribution in [2.75, 3.05) is 12.3 Å². The molecule has 0 unspecified atom stereocenters. The Labute approximate surface area is 69.5 Å². The monoisotopic (exact) mass is 169 g/mol. The third-order valence-corrected chi connectivity index (χ3v) is 1.33. The second-order valence-corrected chi connectivity index (χ2v) is 2.31. The molecule has 4 N–H and O–H groups in total. The average Bonchev–Trinajstić information content (AvgIpc) is 2.47. The summed E-state index contributed by atoms with van der Waals surface area (Å²) in [5, 5.41) is 12.0. The van der Waals surface area contributed by atoms with Crippen molar-refractivity contribution >= 4 is 11.7 Å². The standard InChI is InChI=1S/C6H11N5O/c1-2-3-8-6(12)4-5(7)10-11-9-4/h2-3H2,1H3,(H,8,12)(H3,7,9,10,11). The second kappa shape index (κ2) is 3.70. The molecule has 6 heteroatoms. The van der Waals surface area contributed by atoms with Gasteiger partial charge in [0.1, 0.15) is 0 Å². The number of aromatic nitrogens is 3. The van der Waals surface area contributed by atoms with E-state index in [-0.39, 0.29) is 17.4 Å². The number of nitrogens with zero attached hydrogens (tertiary/aromatic N) is 2. The number of rotatable bonds is 3. The molecule has 0 bridgehead atoms. The first-order valence-corrected chi connectivity index (χ1v) is 3.70. The number of hydrogen-bond acceptors (Lipinski definition) is 4. The first-order chi connectivity index (χ1) is 5.75. The lowest BCUT2D eigenvalue weighted by Gasteiger charge is -1.98. The van der Waals surface area contributed by atoms with Crippen LogP contribution in [0.4, 0.5) is 5.82 Å². The lowest BCUT2D eigenvalue weighted by molar-refractivity contribution is 0.0949. The van der Waals surface area contributed by atoms with Crippen molar-refractivity contribution in [1.29, 1.82) is 0 Å². The fraction of sp³-hybridized carbons (Fsp3) is 0.500. The topological polar surface area (TPSA) is 96.7 Å². The number of nitrogens with two attached hydrogens (primary N) is 1. The normalized spacial score (nSPS) is 9.75. The van der Waals surface area contributed by atoms with Crippen LogP contribution in [0.15, 0.2) is 0 Å². The maximum absolute atomic E-state index is 11.2. The molecule has 12 heavy (non-hydrogen) atoms. The number of carbonyl (C=O) groups is 1. The summed E-state index contributed by atoms with van der Waals surface area (Å²) in [6.45, 7) is 2.58. The minimum Gasteiger partial charge on any atom is -0.380 e. The van der Waals surface area contributed by atoms with Gasteiger partial charge in [-0.2, -0.15) is 5.21 Å². The molecular weight excluding hydrogens is 158 g/mol. The highest BCUT2D eigenvalue weighted by atomic mass is 16.2. The summed E-state index contributed by atoms with van der Waals surface area (Å²) in [6.07, 6.45) is 0.878. The summed E-state index contributed by atoms with van der Waals surface area (Å²) in [4.78, 5) is 11.2. The molecule has 1 aromatic heterocycles. The maximum atomic E-state index is 11.2. The van der Waals surface area contributed by atoms with Crippen LogP contribution < -0.4 is 11.1 Å². The Morgan fingerprint density at radius 2 is 2.42 bits per heavy atom. The van der Waals surface area contributed by atoms with Gasteiger partial charge in [-0.05, 0) is 6.42 Å². The van der Waals surface area contributed by atoms with Gasteiger partial charge in [-0.1, -0.05) is 6.92 Å². The molecule has 1 amide bonds. The number of carbonyl (C=O) groups excluding carboxylic acids is 1. The van der Waals surface area contributed by atoms with Gasteiger partial charge in [0.25, 0.3) is 5.91 Å². The Balaban J connectivity index is 2.59. The zero-order valence-electron chi connectivity index (χ0n) is 6.79. The van der Waals surface area contributed by atoms with Crippen LogP contribution in [0.1, 0.15) is 23.8 Å². The van der Waals surface area contributed by atoms with Crippen LogP contribution in [-0.2, 0) is 0 Å². The first-order valence-electron chi connectivity index (χ1n) is 3.70. The number of nitrogen functional groups attached to an aromatic ring is 1. The van der Waals surface area contributed by atoms with Crippen molar-refractivity contribution in [3.05, 3.63) is 5.69 Å². The highest BCUT2D eigenvalue weighted by molar-refractivity contribution is 5.96. The van der Waals surface area contributed by atoms with Crippen LogP contribution in [-0.4, -0.2) is 27.9 Å². The Kier molecular flexibility index (Phi) is 2.62. The summed E-state index contributed by atoms with van der Waals surface area (Å²) in [7, 11) is 0. The van der Waals surface area contributed by atoms with E-state index < -0.39 is 0 Å². The van der Waals surface area contributed by atoms with Gasteiger partial charge in [-0.3, -0.25) is 4.79 Å². The van der Waals surface area contributed by atoms with E-state index in [9.17, 15) is 4.79 Å². The zero-order chi connectivity index (χ0) is 8.97. The van der Waals surface area contributed by atoms with E-state index in [1.165, 1.54) is 0 Å². The van der Waals surface area contributed by atoms with E-state index in [1.54, 1.807) is 0 Å². The van der Waals surface area contributed by atoms with Crippen molar-refractivity contribution in [1.82, 2.24) is 20.7 Å². The lowest BCUT2D eigenvalue weighted by Crippen LogP contribution is -2.25. The largest absolute Gasteiger partial charge is 0.380 e. The van der Waals surface area contributed by atoms with E-state index in [1.807, 2.05) is 6.92 Å². The van der Waals surface area contributed by atoms with Crippen molar-refractivity contribution < 1.29 is 4.79 Å². The minimum absolute atomic E-state index is 0.128. The van der Waals surface area contributed by atoms with Crippen LogP contribution in [0.25, 0.3) is 0 Å². The van der Waals surface area contributed by atoms with Crippen LogP contribution >= 0.6 is 0 Å². The molecule has 0 spiro atoms. The molecule has 0 saturated carbocycles. The SMILES string of the molecule is CCCNC(=O)c1n[nH]nc1N. The van der Waals surface area contributed by atoms with Crippen molar-refractivity contribution in [3.8, 4) is 0 Å². The molecule has 6 nitrogen and oxygen atoms in total. The summed E-state index contributed by atoms with van der Waals surface area (Å²) >= 11 is 0. The van der Waals surface area contributed by atoms with Crippen molar-refractivity contribution in [2.24, 2.45) is 0 Å². The first kappa shape index (κ1) is 8.51. The number of H-pyrrole nitrogens is 1. The Bertz CT molecular complexity index is 269. The lowest BCUT2D eigenvalue weighted by atomic mass is 10.4. The van der Waals surface area contributed by atoms with Crippen LogP contribution in [0.3, 0.4) is 0 Å². The zero-order valence-corrected chi connectivity index (χ0v) is 6.79. The minimum atomic E-state index is -0.289. The van der Waals surface area contributed by atoms with Gasteiger partial charge in [-0.25, -0.2) is 0 Å². The summed E-state index contributed by atoms with van der Waals surface area (Å²) in [6, 6.07) is 0. The number of nitrogens with one attached hydrogen (secondary N) is 2. The Morgan fingerprint density at radius 3 is 2.92 bits per heavy atom. The highest BCUT2D eigenvalue weighted by Gasteiger charge is 2.12. The molecule has 0 saturated heterocycles. The number of hydrogen-bond donors (Lipinski definition) is 3. The van der Waals surface area contributed by atoms with E-state index in [4.69, 9.17) is 5.73 Å². The number of amides is 1. The van der Waals surface area contributed by atoms with E-state index in [0.717, 1.165) is 6.42 Å². The molecular formula is C6H11N5O. The fourth-order valence-electron chi connectivity index (χ4n) is 0.728. The molecule has 0 atom stereocenters. The highest BCUT2D eigenvalue weighted by Crippen LogP contribution is 2.00. The van der Waals surface area contributed by atoms with Crippen LogP contribution in [0.5, 0.6) is 0 Å². The van der Waals surface area contributed by atoms with Crippen LogP contribution in [0, 0.1) is 0 Å². The molecule has 1 rings (SSSR count). The maximum Gasteiger partial charge on any atom is 0.275 e. The average molecular weight is 169 g/mol. The molecule has 0 aromatic carbocycles. The molecule has 1 heterocycles.